The molecule has 0 bridgehead atoms. The number of morpholine rings is 1. The van der Waals surface area contributed by atoms with Crippen molar-refractivity contribution < 1.29 is 14.2 Å². The molecule has 1 fully saturated rings. The van der Waals surface area contributed by atoms with Gasteiger partial charge in [-0.05, 0) is 5.56 Å². The van der Waals surface area contributed by atoms with Crippen LogP contribution >= 0.6 is 0 Å². The monoisotopic (exact) mass is 312 g/mol. The Labute approximate surface area is 137 Å². The molecule has 1 aliphatic rings. The van der Waals surface area contributed by atoms with E-state index in [4.69, 9.17) is 14.2 Å². The second kappa shape index (κ2) is 7.38. The molecule has 0 N–H and O–H groups in total. The number of hydrogen-bond donors (Lipinski definition) is 0. The van der Waals surface area contributed by atoms with E-state index in [1.54, 1.807) is 14.2 Å². The van der Waals surface area contributed by atoms with Crippen molar-refractivity contribution in [1.82, 2.24) is 0 Å². The van der Waals surface area contributed by atoms with Gasteiger partial charge in [-0.3, -0.25) is 0 Å². The molecule has 4 heteroatoms. The van der Waals surface area contributed by atoms with Crippen LogP contribution in [-0.2, 0) is 11.2 Å². The summed E-state index contributed by atoms with van der Waals surface area (Å²) in [4.78, 5) is 2.21. The molecule has 3 rings (SSSR count). The lowest BCUT2D eigenvalue weighted by atomic mass is 10.1. The fraction of sp³-hybridized carbons (Fsp3) is 0.316. The van der Waals surface area contributed by atoms with Crippen LogP contribution in [-0.4, -0.2) is 33.5 Å². The summed E-state index contributed by atoms with van der Waals surface area (Å²) in [5.74, 6) is 1.58. The van der Waals surface area contributed by atoms with E-state index in [1.807, 2.05) is 24.3 Å². The normalized spacial score (nSPS) is 17.8. The highest BCUT2D eigenvalue weighted by Gasteiger charge is 2.22. The Morgan fingerprint density at radius 1 is 1.04 bits per heavy atom. The zero-order valence-corrected chi connectivity index (χ0v) is 13.6. The summed E-state index contributed by atoms with van der Waals surface area (Å²) in [5, 5.41) is 0. The van der Waals surface area contributed by atoms with Crippen LogP contribution in [0.25, 0.3) is 0 Å². The highest BCUT2D eigenvalue weighted by atomic mass is 16.5. The molecule has 1 unspecified atom stereocenters. The quantitative estimate of drug-likeness (QED) is 0.847. The molecule has 1 atom stereocenters. The van der Waals surface area contributed by atoms with Gasteiger partial charge in [0.2, 0.25) is 0 Å². The SMILES string of the molecule is COc1cc(OC)cc(N2[CH]C(Cc3ccccc3)OCC2)c1. The van der Waals surface area contributed by atoms with Crippen molar-refractivity contribution in [3.05, 3.63) is 60.6 Å². The molecule has 0 amide bonds. The second-order valence-corrected chi connectivity index (χ2v) is 5.51. The Balaban J connectivity index is 1.73. The first-order valence-corrected chi connectivity index (χ1v) is 7.79. The van der Waals surface area contributed by atoms with Gasteiger partial charge in [-0.2, -0.15) is 0 Å². The van der Waals surface area contributed by atoms with Crippen LogP contribution in [0.2, 0.25) is 0 Å². The summed E-state index contributed by atoms with van der Waals surface area (Å²) >= 11 is 0. The molecule has 2 aromatic rings. The first-order chi connectivity index (χ1) is 11.3. The van der Waals surface area contributed by atoms with Crippen molar-refractivity contribution in [3.8, 4) is 11.5 Å². The van der Waals surface area contributed by atoms with Gasteiger partial charge in [0.05, 0.1) is 33.5 Å². The van der Waals surface area contributed by atoms with E-state index < -0.39 is 0 Å². The van der Waals surface area contributed by atoms with Gasteiger partial charge in [0.15, 0.2) is 0 Å². The van der Waals surface area contributed by atoms with Crippen LogP contribution in [0, 0.1) is 6.54 Å². The van der Waals surface area contributed by atoms with Crippen molar-refractivity contribution in [2.24, 2.45) is 0 Å². The van der Waals surface area contributed by atoms with Crippen molar-refractivity contribution in [3.63, 3.8) is 0 Å². The van der Waals surface area contributed by atoms with E-state index in [-0.39, 0.29) is 6.10 Å². The maximum atomic E-state index is 5.89. The van der Waals surface area contributed by atoms with Crippen LogP contribution in [0.5, 0.6) is 11.5 Å². The molecule has 1 aliphatic heterocycles. The van der Waals surface area contributed by atoms with Crippen LogP contribution in [0.1, 0.15) is 5.56 Å². The number of methoxy groups -OCH3 is 2. The van der Waals surface area contributed by atoms with E-state index in [9.17, 15) is 0 Å². The largest absolute Gasteiger partial charge is 0.497 e. The Bertz CT molecular complexity index is 608. The number of ether oxygens (including phenoxy) is 3. The zero-order chi connectivity index (χ0) is 16.1. The van der Waals surface area contributed by atoms with Crippen LogP contribution in [0.4, 0.5) is 5.69 Å². The highest BCUT2D eigenvalue weighted by molar-refractivity contribution is 5.57. The summed E-state index contributed by atoms with van der Waals surface area (Å²) < 4.78 is 16.6. The van der Waals surface area contributed by atoms with Crippen molar-refractivity contribution >= 4 is 5.69 Å². The van der Waals surface area contributed by atoms with Crippen molar-refractivity contribution in [1.29, 1.82) is 0 Å². The van der Waals surface area contributed by atoms with E-state index >= 15 is 0 Å². The zero-order valence-electron chi connectivity index (χ0n) is 13.6. The lowest BCUT2D eigenvalue weighted by Gasteiger charge is -2.34. The number of anilines is 1. The van der Waals surface area contributed by atoms with Gasteiger partial charge < -0.3 is 19.1 Å². The molecule has 0 aliphatic carbocycles. The number of rotatable bonds is 5. The van der Waals surface area contributed by atoms with Gasteiger partial charge in [-0.1, -0.05) is 30.3 Å². The highest BCUT2D eigenvalue weighted by Crippen LogP contribution is 2.30. The van der Waals surface area contributed by atoms with E-state index in [0.717, 1.165) is 30.2 Å². The maximum absolute atomic E-state index is 5.89. The van der Waals surface area contributed by atoms with E-state index in [0.29, 0.717) is 6.61 Å². The average molecular weight is 312 g/mol. The Hall–Kier alpha value is -2.20. The lowest BCUT2D eigenvalue weighted by Crippen LogP contribution is -2.39. The Morgan fingerprint density at radius 3 is 2.39 bits per heavy atom. The second-order valence-electron chi connectivity index (χ2n) is 5.51. The number of nitrogens with zero attached hydrogens (tertiary/aromatic N) is 1. The van der Waals surface area contributed by atoms with Crippen LogP contribution in [0.15, 0.2) is 48.5 Å². The summed E-state index contributed by atoms with van der Waals surface area (Å²) in [6.45, 7) is 3.67. The lowest BCUT2D eigenvalue weighted by molar-refractivity contribution is 0.0601. The summed E-state index contributed by atoms with van der Waals surface area (Å²) in [7, 11) is 3.33. The predicted molar refractivity (Wildman–Crippen MR) is 91.1 cm³/mol. The fourth-order valence-corrected chi connectivity index (χ4v) is 2.75. The third-order valence-electron chi connectivity index (χ3n) is 3.96. The van der Waals surface area contributed by atoms with Gasteiger partial charge in [0.25, 0.3) is 0 Å². The first kappa shape index (κ1) is 15.7. The number of hydrogen-bond acceptors (Lipinski definition) is 4. The molecule has 1 radical (unpaired) electrons. The molecule has 0 saturated carbocycles. The molecule has 23 heavy (non-hydrogen) atoms. The standard InChI is InChI=1S/C19H22NO3/c1-21-17-11-16(12-18(13-17)22-2)20-8-9-23-19(14-20)10-15-6-4-3-5-7-15/h3-7,11-14,19H,8-10H2,1-2H3. The van der Waals surface area contributed by atoms with Gasteiger partial charge in [0, 0.05) is 36.9 Å². The topological polar surface area (TPSA) is 30.9 Å². The van der Waals surface area contributed by atoms with Crippen molar-refractivity contribution in [2.45, 2.75) is 12.5 Å². The average Bonchev–Trinajstić information content (AvgIpc) is 2.62. The van der Waals surface area contributed by atoms with Crippen molar-refractivity contribution in [2.75, 3.05) is 32.3 Å². The summed E-state index contributed by atoms with van der Waals surface area (Å²) in [6, 6.07) is 16.3. The maximum Gasteiger partial charge on any atom is 0.124 e. The molecule has 1 heterocycles. The first-order valence-electron chi connectivity index (χ1n) is 7.79. The molecular formula is C19H22NO3. The third kappa shape index (κ3) is 3.96. The Morgan fingerprint density at radius 2 is 1.74 bits per heavy atom. The molecule has 0 aromatic heterocycles. The predicted octanol–water partition coefficient (Wildman–Crippen LogP) is 3.31. The fourth-order valence-electron chi connectivity index (χ4n) is 2.75. The van der Waals surface area contributed by atoms with Gasteiger partial charge >= 0.3 is 0 Å². The summed E-state index contributed by atoms with van der Waals surface area (Å²) in [6.07, 6.45) is 0.946. The third-order valence-corrected chi connectivity index (χ3v) is 3.96. The Kier molecular flexibility index (Phi) is 5.03. The molecule has 2 aromatic carbocycles. The molecule has 4 nitrogen and oxygen atoms in total. The van der Waals surface area contributed by atoms with Crippen LogP contribution in [0.3, 0.4) is 0 Å². The van der Waals surface area contributed by atoms with Gasteiger partial charge in [-0.25, -0.2) is 0 Å². The molecule has 0 spiro atoms. The smallest absolute Gasteiger partial charge is 0.124 e. The minimum atomic E-state index is 0.0725. The van der Waals surface area contributed by atoms with Gasteiger partial charge in [-0.15, -0.1) is 0 Å². The molecule has 121 valence electrons. The van der Waals surface area contributed by atoms with E-state index in [2.05, 4.69) is 35.7 Å². The van der Waals surface area contributed by atoms with E-state index in [1.165, 1.54) is 5.56 Å². The summed E-state index contributed by atoms with van der Waals surface area (Å²) in [5.41, 5.74) is 2.33. The molecular weight excluding hydrogens is 290 g/mol. The minimum Gasteiger partial charge on any atom is -0.497 e. The van der Waals surface area contributed by atoms with Crippen LogP contribution < -0.4 is 14.4 Å². The molecule has 1 saturated heterocycles. The minimum absolute atomic E-state index is 0.0725. The number of benzene rings is 2. The van der Waals surface area contributed by atoms with Gasteiger partial charge in [0.1, 0.15) is 11.5 Å².